The van der Waals surface area contributed by atoms with Gasteiger partial charge in [-0.05, 0) is 25.5 Å². The topological polar surface area (TPSA) is 24.1 Å². The van der Waals surface area contributed by atoms with E-state index in [-0.39, 0.29) is 18.2 Å². The number of rotatable bonds is 3. The summed E-state index contributed by atoms with van der Waals surface area (Å²) in [6, 6.07) is 7.42. The third kappa shape index (κ3) is 3.74. The van der Waals surface area contributed by atoms with Crippen LogP contribution in [0.2, 0.25) is 0 Å². The van der Waals surface area contributed by atoms with Crippen LogP contribution in [-0.2, 0) is 6.54 Å². The molecule has 0 radical (unpaired) electrons. The van der Waals surface area contributed by atoms with Gasteiger partial charge in [0.25, 0.3) is 0 Å². The van der Waals surface area contributed by atoms with Crippen LogP contribution in [0.3, 0.4) is 0 Å². The summed E-state index contributed by atoms with van der Waals surface area (Å²) < 4.78 is 13.3. The molecule has 0 bridgehead atoms. The van der Waals surface area contributed by atoms with Crippen molar-refractivity contribution in [1.82, 2.24) is 10.6 Å². The van der Waals surface area contributed by atoms with E-state index in [0.29, 0.717) is 12.6 Å². The second-order valence-electron chi connectivity index (χ2n) is 4.02. The van der Waals surface area contributed by atoms with Gasteiger partial charge in [-0.1, -0.05) is 18.2 Å². The Morgan fingerprint density at radius 3 is 2.88 bits per heavy atom. The van der Waals surface area contributed by atoms with Gasteiger partial charge in [0.2, 0.25) is 0 Å². The van der Waals surface area contributed by atoms with Crippen molar-refractivity contribution in [1.29, 1.82) is 0 Å². The van der Waals surface area contributed by atoms with Gasteiger partial charge in [0.05, 0.1) is 0 Å². The largest absolute Gasteiger partial charge is 0.315 e. The van der Waals surface area contributed by atoms with Crippen molar-refractivity contribution in [3.63, 3.8) is 0 Å². The van der Waals surface area contributed by atoms with Crippen LogP contribution >= 0.6 is 12.4 Å². The zero-order valence-electron chi connectivity index (χ0n) is 9.21. The summed E-state index contributed by atoms with van der Waals surface area (Å²) in [5.74, 6) is -0.117. The monoisotopic (exact) mass is 244 g/mol. The maximum absolute atomic E-state index is 13.3. The highest BCUT2D eigenvalue weighted by atomic mass is 35.5. The van der Waals surface area contributed by atoms with Gasteiger partial charge < -0.3 is 10.6 Å². The molecule has 0 saturated carbocycles. The Hall–Kier alpha value is -0.640. The Morgan fingerprint density at radius 1 is 1.38 bits per heavy atom. The first-order valence-electron chi connectivity index (χ1n) is 5.54. The Morgan fingerprint density at radius 2 is 2.19 bits per heavy atom. The van der Waals surface area contributed by atoms with Crippen molar-refractivity contribution < 1.29 is 4.39 Å². The van der Waals surface area contributed by atoms with Crippen LogP contribution in [0.4, 0.5) is 4.39 Å². The molecule has 1 atom stereocenters. The normalized spacial score (nSPS) is 20.2. The summed E-state index contributed by atoms with van der Waals surface area (Å²) in [6.07, 6.45) is 2.39. The predicted molar refractivity (Wildman–Crippen MR) is 66.4 cm³/mol. The third-order valence-electron chi connectivity index (χ3n) is 2.84. The molecule has 2 rings (SSSR count). The molecule has 90 valence electrons. The van der Waals surface area contributed by atoms with E-state index in [4.69, 9.17) is 0 Å². The van der Waals surface area contributed by atoms with Crippen LogP contribution in [0.25, 0.3) is 0 Å². The molecule has 0 aliphatic carbocycles. The summed E-state index contributed by atoms with van der Waals surface area (Å²) in [4.78, 5) is 0. The number of nitrogens with one attached hydrogen (secondary N) is 2. The van der Waals surface area contributed by atoms with Crippen molar-refractivity contribution in [2.24, 2.45) is 0 Å². The predicted octanol–water partition coefficient (Wildman–Crippen LogP) is 2.09. The fourth-order valence-corrected chi connectivity index (χ4v) is 1.92. The van der Waals surface area contributed by atoms with Crippen LogP contribution in [-0.4, -0.2) is 19.1 Å². The van der Waals surface area contributed by atoms with Crippen molar-refractivity contribution in [3.8, 4) is 0 Å². The molecular weight excluding hydrogens is 227 g/mol. The lowest BCUT2D eigenvalue weighted by atomic mass is 10.1. The fraction of sp³-hybridized carbons (Fsp3) is 0.500. The Bertz CT molecular complexity index is 314. The van der Waals surface area contributed by atoms with Crippen LogP contribution in [0.5, 0.6) is 0 Å². The average Bonchev–Trinajstić information content (AvgIpc) is 2.29. The molecule has 0 amide bonds. The highest BCUT2D eigenvalue weighted by Crippen LogP contribution is 2.07. The molecule has 1 unspecified atom stereocenters. The summed E-state index contributed by atoms with van der Waals surface area (Å²) in [5, 5.41) is 6.71. The van der Waals surface area contributed by atoms with Gasteiger partial charge in [0.1, 0.15) is 5.82 Å². The Balaban J connectivity index is 0.00000128. The number of piperidine rings is 1. The molecule has 1 aliphatic heterocycles. The molecule has 4 heteroatoms. The summed E-state index contributed by atoms with van der Waals surface area (Å²) in [7, 11) is 0. The zero-order chi connectivity index (χ0) is 10.5. The summed E-state index contributed by atoms with van der Waals surface area (Å²) >= 11 is 0. The van der Waals surface area contributed by atoms with Crippen molar-refractivity contribution in [2.45, 2.75) is 25.4 Å². The minimum Gasteiger partial charge on any atom is -0.315 e. The molecule has 0 aromatic heterocycles. The minimum atomic E-state index is -0.117. The SMILES string of the molecule is Cl.Fc1ccccc1CNC1CCCNC1. The lowest BCUT2D eigenvalue weighted by Gasteiger charge is -2.23. The van der Waals surface area contributed by atoms with E-state index in [1.165, 1.54) is 18.9 Å². The lowest BCUT2D eigenvalue weighted by molar-refractivity contribution is 0.386. The van der Waals surface area contributed by atoms with Crippen LogP contribution in [0.15, 0.2) is 24.3 Å². The molecule has 1 aromatic rings. The molecule has 2 N–H and O–H groups in total. The smallest absolute Gasteiger partial charge is 0.127 e. The highest BCUT2D eigenvalue weighted by molar-refractivity contribution is 5.85. The van der Waals surface area contributed by atoms with Crippen molar-refractivity contribution >= 4 is 12.4 Å². The molecule has 2 nitrogen and oxygen atoms in total. The second kappa shape index (κ2) is 6.84. The maximum Gasteiger partial charge on any atom is 0.127 e. The van der Waals surface area contributed by atoms with Crippen molar-refractivity contribution in [3.05, 3.63) is 35.6 Å². The van der Waals surface area contributed by atoms with E-state index in [2.05, 4.69) is 10.6 Å². The zero-order valence-corrected chi connectivity index (χ0v) is 10.0. The maximum atomic E-state index is 13.3. The van der Waals surface area contributed by atoms with Gasteiger partial charge in [0, 0.05) is 24.7 Å². The first-order valence-corrected chi connectivity index (χ1v) is 5.54. The van der Waals surface area contributed by atoms with E-state index in [9.17, 15) is 4.39 Å². The van der Waals surface area contributed by atoms with Crippen molar-refractivity contribution in [2.75, 3.05) is 13.1 Å². The first kappa shape index (κ1) is 13.4. The fourth-order valence-electron chi connectivity index (χ4n) is 1.92. The number of hydrogen-bond acceptors (Lipinski definition) is 2. The minimum absolute atomic E-state index is 0. The van der Waals surface area contributed by atoms with E-state index >= 15 is 0 Å². The van der Waals surface area contributed by atoms with Crippen LogP contribution in [0.1, 0.15) is 18.4 Å². The van der Waals surface area contributed by atoms with Gasteiger partial charge in [-0.2, -0.15) is 0 Å². The number of hydrogen-bond donors (Lipinski definition) is 2. The van der Waals surface area contributed by atoms with Gasteiger partial charge in [-0.25, -0.2) is 4.39 Å². The van der Waals surface area contributed by atoms with Crippen LogP contribution < -0.4 is 10.6 Å². The van der Waals surface area contributed by atoms with E-state index < -0.39 is 0 Å². The van der Waals surface area contributed by atoms with E-state index in [0.717, 1.165) is 18.7 Å². The van der Waals surface area contributed by atoms with Gasteiger partial charge >= 0.3 is 0 Å². The van der Waals surface area contributed by atoms with Crippen LogP contribution in [0, 0.1) is 5.82 Å². The van der Waals surface area contributed by atoms with E-state index in [1.807, 2.05) is 12.1 Å². The molecule has 1 aliphatic rings. The van der Waals surface area contributed by atoms with Gasteiger partial charge in [0.15, 0.2) is 0 Å². The first-order chi connectivity index (χ1) is 7.36. The molecule has 1 saturated heterocycles. The lowest BCUT2D eigenvalue weighted by Crippen LogP contribution is -2.42. The second-order valence-corrected chi connectivity index (χ2v) is 4.02. The van der Waals surface area contributed by atoms with E-state index in [1.54, 1.807) is 6.07 Å². The highest BCUT2D eigenvalue weighted by Gasteiger charge is 2.12. The standard InChI is InChI=1S/C12H17FN2.ClH/c13-12-6-2-1-4-10(12)8-15-11-5-3-7-14-9-11;/h1-2,4,6,11,14-15H,3,5,7-9H2;1H. The Labute approximate surface area is 102 Å². The number of benzene rings is 1. The van der Waals surface area contributed by atoms with Gasteiger partial charge in [-0.3, -0.25) is 0 Å². The quantitative estimate of drug-likeness (QED) is 0.851. The molecule has 1 aromatic carbocycles. The molecule has 1 fully saturated rings. The number of halogens is 2. The average molecular weight is 245 g/mol. The summed E-state index contributed by atoms with van der Waals surface area (Å²) in [5.41, 5.74) is 0.753. The third-order valence-corrected chi connectivity index (χ3v) is 2.84. The Kier molecular flexibility index (Phi) is 5.74. The molecule has 16 heavy (non-hydrogen) atoms. The van der Waals surface area contributed by atoms with Gasteiger partial charge in [-0.15, -0.1) is 12.4 Å². The molecule has 1 heterocycles. The molecular formula is C12H18ClFN2. The summed E-state index contributed by atoms with van der Waals surface area (Å²) in [6.45, 7) is 2.73. The molecule has 0 spiro atoms.